The quantitative estimate of drug-likeness (QED) is 0.476. The van der Waals surface area contributed by atoms with Gasteiger partial charge in [0.05, 0.1) is 18.4 Å². The van der Waals surface area contributed by atoms with E-state index in [1.807, 2.05) is 12.3 Å². The number of anilines is 1. The van der Waals surface area contributed by atoms with Gasteiger partial charge in [0.1, 0.15) is 5.75 Å². The van der Waals surface area contributed by atoms with Crippen LogP contribution < -0.4 is 15.5 Å². The van der Waals surface area contributed by atoms with E-state index in [2.05, 4.69) is 10.4 Å². The number of benzene rings is 2. The molecule has 2 N–H and O–H groups in total. The predicted octanol–water partition coefficient (Wildman–Crippen LogP) is 3.19. The highest BCUT2D eigenvalue weighted by atomic mass is 19.4. The van der Waals surface area contributed by atoms with Gasteiger partial charge >= 0.3 is 18.0 Å². The fourth-order valence-electron chi connectivity index (χ4n) is 1.96. The first kappa shape index (κ1) is 20.0. The number of hydrazone groups is 1. The summed E-state index contributed by atoms with van der Waals surface area (Å²) < 4.78 is 42.7. The molecule has 142 valence electrons. The standard InChI is InChI=1S/C18H16F3N3O3/c1-2-27-15-9-3-12(4-10-15)11-22-24-17(26)16(25)23-14-7-5-13(6-8-14)18(19,20)21/h3-11H,2H2,1H3,(H,23,25)(H,24,26). The molecule has 2 amide bonds. The number of nitrogens with zero attached hydrogens (tertiary/aromatic N) is 1. The predicted molar refractivity (Wildman–Crippen MR) is 93.4 cm³/mol. The number of halogens is 3. The maximum Gasteiger partial charge on any atom is 0.416 e. The fourth-order valence-corrected chi connectivity index (χ4v) is 1.96. The van der Waals surface area contributed by atoms with Gasteiger partial charge in [0.2, 0.25) is 0 Å². The molecule has 9 heteroatoms. The van der Waals surface area contributed by atoms with Gasteiger partial charge in [-0.3, -0.25) is 9.59 Å². The molecule has 0 unspecified atom stereocenters. The minimum absolute atomic E-state index is 0.0543. The van der Waals surface area contributed by atoms with E-state index in [4.69, 9.17) is 4.74 Å². The number of rotatable bonds is 5. The SMILES string of the molecule is CCOc1ccc(C=NNC(=O)C(=O)Nc2ccc(C(F)(F)F)cc2)cc1. The summed E-state index contributed by atoms with van der Waals surface area (Å²) in [5.74, 6) is -1.43. The van der Waals surface area contributed by atoms with Crippen molar-refractivity contribution in [2.24, 2.45) is 5.10 Å². The lowest BCUT2D eigenvalue weighted by molar-refractivity contribution is -0.137. The van der Waals surface area contributed by atoms with Gasteiger partial charge < -0.3 is 10.1 Å². The van der Waals surface area contributed by atoms with E-state index in [-0.39, 0.29) is 5.69 Å². The highest BCUT2D eigenvalue weighted by Crippen LogP contribution is 2.29. The Morgan fingerprint density at radius 2 is 1.67 bits per heavy atom. The molecule has 0 spiro atoms. The molecular formula is C18H16F3N3O3. The Labute approximate surface area is 153 Å². The van der Waals surface area contributed by atoms with Crippen molar-refractivity contribution in [1.29, 1.82) is 0 Å². The van der Waals surface area contributed by atoms with Crippen molar-refractivity contribution in [3.63, 3.8) is 0 Å². The zero-order chi connectivity index (χ0) is 19.9. The van der Waals surface area contributed by atoms with Crippen molar-refractivity contribution in [3.8, 4) is 5.75 Å². The molecule has 0 atom stereocenters. The number of alkyl halides is 3. The van der Waals surface area contributed by atoms with Crippen LogP contribution in [0.25, 0.3) is 0 Å². The summed E-state index contributed by atoms with van der Waals surface area (Å²) in [5.41, 5.74) is 1.90. The van der Waals surface area contributed by atoms with Gasteiger partial charge in [-0.15, -0.1) is 0 Å². The van der Waals surface area contributed by atoms with Crippen LogP contribution in [0, 0.1) is 0 Å². The molecule has 0 heterocycles. The maximum atomic E-state index is 12.5. The number of hydrogen-bond acceptors (Lipinski definition) is 4. The Morgan fingerprint density at radius 1 is 1.04 bits per heavy atom. The lowest BCUT2D eigenvalue weighted by atomic mass is 10.2. The van der Waals surface area contributed by atoms with Gasteiger partial charge in [-0.2, -0.15) is 18.3 Å². The minimum Gasteiger partial charge on any atom is -0.494 e. The molecule has 0 fully saturated rings. The molecule has 0 saturated heterocycles. The zero-order valence-electron chi connectivity index (χ0n) is 14.2. The van der Waals surface area contributed by atoms with Gasteiger partial charge in [0, 0.05) is 5.69 Å². The summed E-state index contributed by atoms with van der Waals surface area (Å²) >= 11 is 0. The summed E-state index contributed by atoms with van der Waals surface area (Å²) in [6, 6.07) is 10.6. The van der Waals surface area contributed by atoms with E-state index in [9.17, 15) is 22.8 Å². The van der Waals surface area contributed by atoms with Crippen LogP contribution in [0.4, 0.5) is 18.9 Å². The van der Waals surface area contributed by atoms with E-state index in [0.29, 0.717) is 17.9 Å². The van der Waals surface area contributed by atoms with E-state index in [1.54, 1.807) is 24.3 Å². The van der Waals surface area contributed by atoms with Crippen molar-refractivity contribution in [2.45, 2.75) is 13.1 Å². The number of carbonyl (C=O) groups is 2. The average Bonchev–Trinajstić information content (AvgIpc) is 2.63. The van der Waals surface area contributed by atoms with Crippen molar-refractivity contribution in [1.82, 2.24) is 5.43 Å². The maximum absolute atomic E-state index is 12.5. The number of ether oxygens (including phenoxy) is 1. The summed E-state index contributed by atoms with van der Waals surface area (Å²) in [5, 5.41) is 5.83. The van der Waals surface area contributed by atoms with Gasteiger partial charge in [-0.25, -0.2) is 5.43 Å². The van der Waals surface area contributed by atoms with Crippen molar-refractivity contribution in [3.05, 3.63) is 59.7 Å². The summed E-state index contributed by atoms with van der Waals surface area (Å²) in [6.45, 7) is 2.40. The van der Waals surface area contributed by atoms with E-state index >= 15 is 0 Å². The molecule has 2 aromatic carbocycles. The average molecular weight is 379 g/mol. The molecule has 0 saturated carbocycles. The second kappa shape index (κ2) is 8.84. The lowest BCUT2D eigenvalue weighted by Crippen LogP contribution is -2.32. The number of amides is 2. The summed E-state index contributed by atoms with van der Waals surface area (Å²) in [6.07, 6.45) is -3.14. The first-order chi connectivity index (χ1) is 12.8. The molecule has 2 aromatic rings. The van der Waals surface area contributed by atoms with Gasteiger partial charge in [-0.05, 0) is 61.0 Å². The molecule has 0 aromatic heterocycles. The van der Waals surface area contributed by atoms with E-state index in [1.165, 1.54) is 6.21 Å². The van der Waals surface area contributed by atoms with Crippen LogP contribution in [0.2, 0.25) is 0 Å². The fraction of sp³-hybridized carbons (Fsp3) is 0.167. The Balaban J connectivity index is 1.87. The largest absolute Gasteiger partial charge is 0.494 e. The van der Waals surface area contributed by atoms with Crippen LogP contribution in [0.3, 0.4) is 0 Å². The van der Waals surface area contributed by atoms with Crippen molar-refractivity contribution >= 4 is 23.7 Å². The molecule has 2 rings (SSSR count). The lowest BCUT2D eigenvalue weighted by Gasteiger charge is -2.08. The third-order valence-corrected chi connectivity index (χ3v) is 3.25. The highest BCUT2D eigenvalue weighted by Gasteiger charge is 2.30. The molecule has 6 nitrogen and oxygen atoms in total. The molecule has 27 heavy (non-hydrogen) atoms. The van der Waals surface area contributed by atoms with Gasteiger partial charge in [-0.1, -0.05) is 0 Å². The van der Waals surface area contributed by atoms with Crippen LogP contribution >= 0.6 is 0 Å². The Hall–Kier alpha value is -3.36. The van der Waals surface area contributed by atoms with Crippen molar-refractivity contribution < 1.29 is 27.5 Å². The minimum atomic E-state index is -4.48. The Kier molecular flexibility index (Phi) is 6.53. The van der Waals surface area contributed by atoms with Crippen LogP contribution in [0.1, 0.15) is 18.1 Å². The third kappa shape index (κ3) is 6.14. The number of hydrogen-bond donors (Lipinski definition) is 2. The molecular weight excluding hydrogens is 363 g/mol. The molecule has 0 aliphatic rings. The van der Waals surface area contributed by atoms with Crippen LogP contribution in [-0.4, -0.2) is 24.6 Å². The first-order valence-corrected chi connectivity index (χ1v) is 7.84. The monoisotopic (exact) mass is 379 g/mol. The normalized spacial score (nSPS) is 11.3. The highest BCUT2D eigenvalue weighted by molar-refractivity contribution is 6.39. The van der Waals surface area contributed by atoms with Crippen LogP contribution in [0.15, 0.2) is 53.6 Å². The number of carbonyl (C=O) groups excluding carboxylic acids is 2. The Bertz CT molecular complexity index is 816. The van der Waals surface area contributed by atoms with Crippen LogP contribution in [-0.2, 0) is 15.8 Å². The third-order valence-electron chi connectivity index (χ3n) is 3.25. The van der Waals surface area contributed by atoms with Crippen molar-refractivity contribution in [2.75, 3.05) is 11.9 Å². The summed E-state index contributed by atoms with van der Waals surface area (Å²) in [4.78, 5) is 23.4. The molecule has 0 bridgehead atoms. The molecule has 0 aliphatic heterocycles. The van der Waals surface area contributed by atoms with Crippen LogP contribution in [0.5, 0.6) is 5.75 Å². The summed E-state index contributed by atoms with van der Waals surface area (Å²) in [7, 11) is 0. The van der Waals surface area contributed by atoms with Gasteiger partial charge in [0.25, 0.3) is 0 Å². The molecule has 0 radical (unpaired) electrons. The second-order valence-corrected chi connectivity index (χ2v) is 5.23. The van der Waals surface area contributed by atoms with Gasteiger partial charge in [0.15, 0.2) is 0 Å². The van der Waals surface area contributed by atoms with E-state index in [0.717, 1.165) is 24.3 Å². The zero-order valence-corrected chi connectivity index (χ0v) is 14.2. The topological polar surface area (TPSA) is 79.8 Å². The number of nitrogens with one attached hydrogen (secondary N) is 2. The second-order valence-electron chi connectivity index (χ2n) is 5.23. The van der Waals surface area contributed by atoms with E-state index < -0.39 is 23.6 Å². The molecule has 0 aliphatic carbocycles. The first-order valence-electron chi connectivity index (χ1n) is 7.84. The smallest absolute Gasteiger partial charge is 0.416 e. The Morgan fingerprint density at radius 3 is 2.22 bits per heavy atom.